The van der Waals surface area contributed by atoms with E-state index in [1.807, 2.05) is 13.0 Å². The Labute approximate surface area is 126 Å². The first-order valence-electron chi connectivity index (χ1n) is 7.88. The maximum Gasteiger partial charge on any atom is 0.292 e. The van der Waals surface area contributed by atoms with Gasteiger partial charge in [0.15, 0.2) is 0 Å². The van der Waals surface area contributed by atoms with Crippen molar-refractivity contribution < 1.29 is 4.92 Å². The van der Waals surface area contributed by atoms with Crippen LogP contribution < -0.4 is 5.32 Å². The molecule has 21 heavy (non-hydrogen) atoms. The monoisotopic (exact) mass is 291 g/mol. The van der Waals surface area contributed by atoms with Crippen LogP contribution in [0.2, 0.25) is 0 Å². The molecule has 0 bridgehead atoms. The molecule has 1 saturated heterocycles. The van der Waals surface area contributed by atoms with Crippen molar-refractivity contribution in [1.82, 2.24) is 4.90 Å². The number of likely N-dealkylation sites (tertiary alicyclic amines) is 1. The first-order chi connectivity index (χ1) is 10.2. The standard InChI is InChI=1S/C16H25N3O2/c1-3-6-13-9-10-18(11-13)12-14-7-5-8-15(19(20)21)16(14)17-4-2/h5,7-8,13,17H,3-4,6,9-12H2,1-2H3. The molecule has 1 N–H and O–H groups in total. The minimum absolute atomic E-state index is 0.179. The predicted molar refractivity (Wildman–Crippen MR) is 85.6 cm³/mol. The Morgan fingerprint density at radius 1 is 1.43 bits per heavy atom. The van der Waals surface area contributed by atoms with Gasteiger partial charge in [0.1, 0.15) is 5.69 Å². The third-order valence-corrected chi connectivity index (χ3v) is 4.14. The molecule has 1 aromatic rings. The minimum atomic E-state index is -0.300. The molecule has 1 aliphatic heterocycles. The van der Waals surface area contributed by atoms with E-state index in [0.717, 1.165) is 31.1 Å². The number of benzene rings is 1. The van der Waals surface area contributed by atoms with Gasteiger partial charge in [0, 0.05) is 25.7 Å². The van der Waals surface area contributed by atoms with Crippen LogP contribution in [0.1, 0.15) is 38.7 Å². The minimum Gasteiger partial charge on any atom is -0.380 e. The maximum atomic E-state index is 11.2. The zero-order chi connectivity index (χ0) is 15.2. The zero-order valence-electron chi connectivity index (χ0n) is 13.0. The van der Waals surface area contributed by atoms with E-state index in [1.165, 1.54) is 19.3 Å². The number of rotatable bonds is 7. The fourth-order valence-corrected chi connectivity index (χ4v) is 3.19. The van der Waals surface area contributed by atoms with E-state index in [1.54, 1.807) is 12.1 Å². The number of hydrogen-bond donors (Lipinski definition) is 1. The molecule has 0 radical (unpaired) electrons. The van der Waals surface area contributed by atoms with Gasteiger partial charge >= 0.3 is 0 Å². The van der Waals surface area contributed by atoms with Crippen LogP contribution in [0.15, 0.2) is 18.2 Å². The topological polar surface area (TPSA) is 58.4 Å². The van der Waals surface area contributed by atoms with Gasteiger partial charge in [-0.25, -0.2) is 0 Å². The number of nitrogens with zero attached hydrogens (tertiary/aromatic N) is 2. The molecular weight excluding hydrogens is 266 g/mol. The van der Waals surface area contributed by atoms with Gasteiger partial charge in [-0.2, -0.15) is 0 Å². The molecule has 2 rings (SSSR count). The number of para-hydroxylation sites is 1. The van der Waals surface area contributed by atoms with Crippen molar-refractivity contribution in [2.24, 2.45) is 5.92 Å². The number of hydrogen-bond acceptors (Lipinski definition) is 4. The molecular formula is C16H25N3O2. The predicted octanol–water partition coefficient (Wildman–Crippen LogP) is 3.65. The summed E-state index contributed by atoms with van der Waals surface area (Å²) >= 11 is 0. The van der Waals surface area contributed by atoms with Crippen LogP contribution in [0.5, 0.6) is 0 Å². The van der Waals surface area contributed by atoms with Crippen LogP contribution in [-0.2, 0) is 6.54 Å². The van der Waals surface area contributed by atoms with Gasteiger partial charge < -0.3 is 5.32 Å². The second-order valence-corrected chi connectivity index (χ2v) is 5.78. The summed E-state index contributed by atoms with van der Waals surface area (Å²) in [5.74, 6) is 0.788. The molecule has 1 unspecified atom stereocenters. The average molecular weight is 291 g/mol. The molecule has 116 valence electrons. The Bertz CT molecular complexity index is 490. The average Bonchev–Trinajstić information content (AvgIpc) is 2.88. The first kappa shape index (κ1) is 15.8. The normalized spacial score (nSPS) is 18.9. The van der Waals surface area contributed by atoms with E-state index < -0.39 is 0 Å². The van der Waals surface area contributed by atoms with E-state index in [2.05, 4.69) is 17.1 Å². The van der Waals surface area contributed by atoms with E-state index in [-0.39, 0.29) is 10.6 Å². The summed E-state index contributed by atoms with van der Waals surface area (Å²) < 4.78 is 0. The largest absolute Gasteiger partial charge is 0.380 e. The Morgan fingerprint density at radius 3 is 2.90 bits per heavy atom. The molecule has 0 spiro atoms. The van der Waals surface area contributed by atoms with Gasteiger partial charge in [0.25, 0.3) is 5.69 Å². The van der Waals surface area contributed by atoms with Crippen molar-refractivity contribution in [3.05, 3.63) is 33.9 Å². The van der Waals surface area contributed by atoms with Crippen LogP contribution in [-0.4, -0.2) is 29.5 Å². The molecule has 0 saturated carbocycles. The molecule has 1 heterocycles. The van der Waals surface area contributed by atoms with Crippen molar-refractivity contribution in [1.29, 1.82) is 0 Å². The van der Waals surface area contributed by atoms with Gasteiger partial charge in [-0.1, -0.05) is 25.5 Å². The lowest BCUT2D eigenvalue weighted by Crippen LogP contribution is -2.21. The first-order valence-corrected chi connectivity index (χ1v) is 7.88. The van der Waals surface area contributed by atoms with Crippen LogP contribution in [0, 0.1) is 16.0 Å². The van der Waals surface area contributed by atoms with Gasteiger partial charge in [0.05, 0.1) is 4.92 Å². The number of nitro groups is 1. The lowest BCUT2D eigenvalue weighted by atomic mass is 10.0. The Kier molecular flexibility index (Phi) is 5.56. The summed E-state index contributed by atoms with van der Waals surface area (Å²) in [5.41, 5.74) is 1.89. The summed E-state index contributed by atoms with van der Waals surface area (Å²) in [7, 11) is 0. The van der Waals surface area contributed by atoms with Crippen LogP contribution in [0.4, 0.5) is 11.4 Å². The van der Waals surface area contributed by atoms with Crippen molar-refractivity contribution in [3.63, 3.8) is 0 Å². The van der Waals surface area contributed by atoms with Crippen molar-refractivity contribution in [2.45, 2.75) is 39.7 Å². The Hall–Kier alpha value is -1.62. The molecule has 5 nitrogen and oxygen atoms in total. The van der Waals surface area contributed by atoms with Gasteiger partial charge in [-0.05, 0) is 37.8 Å². The molecule has 1 aliphatic rings. The number of nitro benzene ring substituents is 1. The Balaban J connectivity index is 2.12. The summed E-state index contributed by atoms with van der Waals surface area (Å²) in [6, 6.07) is 5.36. The van der Waals surface area contributed by atoms with E-state index in [0.29, 0.717) is 12.2 Å². The smallest absolute Gasteiger partial charge is 0.292 e. The van der Waals surface area contributed by atoms with E-state index in [9.17, 15) is 10.1 Å². The van der Waals surface area contributed by atoms with Gasteiger partial charge in [-0.3, -0.25) is 15.0 Å². The fourth-order valence-electron chi connectivity index (χ4n) is 3.19. The summed E-state index contributed by atoms with van der Waals surface area (Å²) in [5, 5.41) is 14.3. The zero-order valence-corrected chi connectivity index (χ0v) is 13.0. The van der Waals surface area contributed by atoms with Crippen LogP contribution >= 0.6 is 0 Å². The highest BCUT2D eigenvalue weighted by Gasteiger charge is 2.24. The highest BCUT2D eigenvalue weighted by atomic mass is 16.6. The number of anilines is 1. The summed E-state index contributed by atoms with van der Waals surface area (Å²) in [6.45, 7) is 7.89. The number of nitrogens with one attached hydrogen (secondary N) is 1. The van der Waals surface area contributed by atoms with Crippen molar-refractivity contribution in [2.75, 3.05) is 25.0 Å². The lowest BCUT2D eigenvalue weighted by molar-refractivity contribution is -0.384. The molecule has 0 aromatic heterocycles. The van der Waals surface area contributed by atoms with Gasteiger partial charge in [-0.15, -0.1) is 0 Å². The third kappa shape index (κ3) is 3.94. The summed E-state index contributed by atoms with van der Waals surface area (Å²) in [4.78, 5) is 13.3. The van der Waals surface area contributed by atoms with Crippen molar-refractivity contribution in [3.8, 4) is 0 Å². The van der Waals surface area contributed by atoms with Crippen LogP contribution in [0.25, 0.3) is 0 Å². The second-order valence-electron chi connectivity index (χ2n) is 5.78. The molecule has 1 fully saturated rings. The molecule has 0 amide bonds. The van der Waals surface area contributed by atoms with Crippen LogP contribution in [0.3, 0.4) is 0 Å². The molecule has 5 heteroatoms. The quantitative estimate of drug-likeness (QED) is 0.615. The molecule has 1 atom stereocenters. The van der Waals surface area contributed by atoms with E-state index >= 15 is 0 Å². The van der Waals surface area contributed by atoms with Crippen molar-refractivity contribution >= 4 is 11.4 Å². The molecule has 1 aromatic carbocycles. The third-order valence-electron chi connectivity index (χ3n) is 4.14. The second kappa shape index (κ2) is 7.41. The summed E-state index contributed by atoms with van der Waals surface area (Å²) in [6.07, 6.45) is 3.77. The lowest BCUT2D eigenvalue weighted by Gasteiger charge is -2.18. The highest BCUT2D eigenvalue weighted by Crippen LogP contribution is 2.31. The van der Waals surface area contributed by atoms with E-state index in [4.69, 9.17) is 0 Å². The highest BCUT2D eigenvalue weighted by molar-refractivity contribution is 5.66. The fraction of sp³-hybridized carbons (Fsp3) is 0.625. The maximum absolute atomic E-state index is 11.2. The Morgan fingerprint density at radius 2 is 2.24 bits per heavy atom. The SMILES string of the molecule is CCCC1CCN(Cc2cccc([N+](=O)[O-])c2NCC)C1. The molecule has 0 aliphatic carbocycles. The van der Waals surface area contributed by atoms with Gasteiger partial charge in [0.2, 0.25) is 0 Å².